The van der Waals surface area contributed by atoms with Gasteiger partial charge in [0.2, 0.25) is 0 Å². The van der Waals surface area contributed by atoms with Crippen LogP contribution in [0.25, 0.3) is 10.2 Å². The Morgan fingerprint density at radius 1 is 1.17 bits per heavy atom. The van der Waals surface area contributed by atoms with Crippen LogP contribution in [0.2, 0.25) is 0 Å². The van der Waals surface area contributed by atoms with E-state index in [1.807, 2.05) is 18.4 Å². The highest BCUT2D eigenvalue weighted by Crippen LogP contribution is 2.52. The number of thioether (sulfide) groups is 1. The molecule has 14 heteroatoms. The minimum atomic E-state index is -4.64. The third kappa shape index (κ3) is 5.01. The largest absolute Gasteiger partial charge is 0.442 e. The van der Waals surface area contributed by atoms with E-state index < -0.39 is 11.8 Å². The van der Waals surface area contributed by atoms with Crippen molar-refractivity contribution in [3.63, 3.8) is 0 Å². The predicted octanol–water partition coefficient (Wildman–Crippen LogP) is 6.45. The average molecular weight is 630 g/mol. The molecule has 0 fully saturated rings. The number of benzene rings is 1. The lowest BCUT2D eigenvalue weighted by atomic mass is 10.00. The van der Waals surface area contributed by atoms with E-state index in [0.29, 0.717) is 33.2 Å². The highest BCUT2D eigenvalue weighted by molar-refractivity contribution is 7.99. The quantitative estimate of drug-likeness (QED) is 0.0966. The molecule has 0 radical (unpaired) electrons. The van der Waals surface area contributed by atoms with E-state index in [4.69, 9.17) is 4.98 Å². The second-order valence-corrected chi connectivity index (χ2v) is 13.0. The fourth-order valence-corrected chi connectivity index (χ4v) is 7.77. The molecule has 2 aliphatic heterocycles. The van der Waals surface area contributed by atoms with E-state index in [-0.39, 0.29) is 47.2 Å². The number of thiophene rings is 2. The van der Waals surface area contributed by atoms with Gasteiger partial charge in [0.25, 0.3) is 11.5 Å². The van der Waals surface area contributed by atoms with Gasteiger partial charge in [0.15, 0.2) is 10.9 Å². The summed E-state index contributed by atoms with van der Waals surface area (Å²) in [5.41, 5.74) is -1.03. The number of hydrogen-bond acceptors (Lipinski definition) is 9. The number of alkyl halides is 3. The Morgan fingerprint density at radius 3 is 2.52 bits per heavy atom. The van der Waals surface area contributed by atoms with Crippen LogP contribution < -0.4 is 5.56 Å². The first kappa shape index (κ1) is 28.5. The van der Waals surface area contributed by atoms with Gasteiger partial charge in [-0.25, -0.2) is 4.98 Å². The van der Waals surface area contributed by atoms with Gasteiger partial charge in [-0.05, 0) is 42.5 Å². The van der Waals surface area contributed by atoms with Crippen molar-refractivity contribution in [1.82, 2.24) is 14.5 Å². The van der Waals surface area contributed by atoms with Gasteiger partial charge >= 0.3 is 11.8 Å². The minimum Gasteiger partial charge on any atom is -0.333 e. The van der Waals surface area contributed by atoms with Gasteiger partial charge in [0, 0.05) is 29.1 Å². The molecule has 0 bridgehead atoms. The number of fused-ring (bicyclic) bond motifs is 3. The molecule has 2 aliphatic rings. The summed E-state index contributed by atoms with van der Waals surface area (Å²) in [5.74, 6) is -0.243. The van der Waals surface area contributed by atoms with E-state index in [2.05, 4.69) is 16.8 Å². The van der Waals surface area contributed by atoms with Crippen LogP contribution in [-0.4, -0.2) is 44.6 Å². The Bertz CT molecular complexity index is 1820. The Morgan fingerprint density at radius 2 is 1.90 bits per heavy atom. The number of hydrogen-bond donors (Lipinski definition) is 0. The number of amides is 1. The van der Waals surface area contributed by atoms with Crippen molar-refractivity contribution in [3.05, 3.63) is 90.7 Å². The Balaban J connectivity index is 1.26. The zero-order valence-corrected chi connectivity index (χ0v) is 24.6. The number of ketones is 1. The standard InChI is InChI=1S/C28H22F3N5O3S3/c1-15(2)12-36-25(39)22-18-9-10-35(24(38)16-5-7-17(8-6-16)27(33-34-27)28(29,30)31)13-21(18)42-23(22)32-26(36)41-14-19(37)20-4-3-11-40-20/h3-8,11H,1,9-10,12-14H2,2H3. The molecule has 42 heavy (non-hydrogen) atoms. The maximum Gasteiger partial charge on any atom is 0.442 e. The normalized spacial score (nSPS) is 15.6. The smallest absolute Gasteiger partial charge is 0.333 e. The fraction of sp³-hybridized carbons (Fsp3) is 0.286. The van der Waals surface area contributed by atoms with Crippen LogP contribution in [0.15, 0.2) is 74.1 Å². The zero-order chi connectivity index (χ0) is 29.8. The first-order chi connectivity index (χ1) is 20.0. The van der Waals surface area contributed by atoms with Gasteiger partial charge < -0.3 is 4.90 Å². The number of Topliss-reactive ketones (excluding diaryl/α,β-unsaturated/α-hetero) is 1. The van der Waals surface area contributed by atoms with Crippen molar-refractivity contribution in [2.24, 2.45) is 10.2 Å². The van der Waals surface area contributed by atoms with Gasteiger partial charge in [-0.3, -0.25) is 19.0 Å². The summed E-state index contributed by atoms with van der Waals surface area (Å²) >= 11 is 3.90. The lowest BCUT2D eigenvalue weighted by Gasteiger charge is -2.27. The van der Waals surface area contributed by atoms with Gasteiger partial charge in [0.1, 0.15) is 4.83 Å². The molecule has 8 nitrogen and oxygen atoms in total. The number of carbonyl (C=O) groups is 2. The van der Waals surface area contributed by atoms with Crippen LogP contribution in [0.4, 0.5) is 13.2 Å². The molecule has 4 aromatic rings. The van der Waals surface area contributed by atoms with Crippen LogP contribution in [0.3, 0.4) is 0 Å². The van der Waals surface area contributed by atoms with E-state index in [0.717, 1.165) is 16.0 Å². The molecule has 0 atom stereocenters. The summed E-state index contributed by atoms with van der Waals surface area (Å²) in [4.78, 5) is 48.0. The van der Waals surface area contributed by atoms with Gasteiger partial charge in [-0.1, -0.05) is 42.1 Å². The highest BCUT2D eigenvalue weighted by Gasteiger charge is 2.65. The molecule has 1 amide bonds. The first-order valence-corrected chi connectivity index (χ1v) is 15.5. The Kier molecular flexibility index (Phi) is 7.18. The van der Waals surface area contributed by atoms with E-state index in [1.165, 1.54) is 58.7 Å². The third-order valence-electron chi connectivity index (χ3n) is 7.00. The van der Waals surface area contributed by atoms with E-state index >= 15 is 0 Å². The summed E-state index contributed by atoms with van der Waals surface area (Å²) in [7, 11) is 0. The number of halogens is 3. The van der Waals surface area contributed by atoms with E-state index in [9.17, 15) is 27.6 Å². The number of allylic oxidation sites excluding steroid dienone is 1. The molecule has 5 heterocycles. The fourth-order valence-electron chi connectivity index (χ4n) is 4.86. The highest BCUT2D eigenvalue weighted by atomic mass is 32.2. The number of aromatic nitrogens is 2. The van der Waals surface area contributed by atoms with Crippen LogP contribution in [0.5, 0.6) is 0 Å². The minimum absolute atomic E-state index is 0.0478. The third-order valence-corrected chi connectivity index (χ3v) is 10.00. The molecule has 0 aliphatic carbocycles. The molecule has 0 N–H and O–H groups in total. The van der Waals surface area contributed by atoms with Gasteiger partial charge in [-0.15, -0.1) is 32.9 Å². The van der Waals surface area contributed by atoms with Gasteiger partial charge in [0.05, 0.1) is 22.6 Å². The van der Waals surface area contributed by atoms with Crippen molar-refractivity contribution in [2.75, 3.05) is 12.3 Å². The van der Waals surface area contributed by atoms with Crippen LogP contribution >= 0.6 is 34.4 Å². The van der Waals surface area contributed by atoms with Crippen molar-refractivity contribution in [3.8, 4) is 0 Å². The van der Waals surface area contributed by atoms with Crippen LogP contribution in [0, 0.1) is 0 Å². The number of rotatable bonds is 8. The maximum atomic E-state index is 13.7. The molecule has 1 aromatic carbocycles. The second kappa shape index (κ2) is 10.6. The SMILES string of the molecule is C=C(C)Cn1c(SCC(=O)c2cccs2)nc2sc3c(c2c1=O)CCN(C(=O)c1ccc(C2(C(F)(F)F)N=N2)cc1)C3. The van der Waals surface area contributed by atoms with Crippen molar-refractivity contribution in [1.29, 1.82) is 0 Å². The summed E-state index contributed by atoms with van der Waals surface area (Å²) < 4.78 is 41.5. The molecule has 3 aromatic heterocycles. The Hall–Kier alpha value is -3.62. The average Bonchev–Trinajstić information content (AvgIpc) is 3.44. The molecule has 0 saturated heterocycles. The summed E-state index contributed by atoms with van der Waals surface area (Å²) in [5, 5.41) is 9.18. The topological polar surface area (TPSA) is 97.0 Å². The summed E-state index contributed by atoms with van der Waals surface area (Å²) in [6.07, 6.45) is -4.21. The predicted molar refractivity (Wildman–Crippen MR) is 156 cm³/mol. The molecule has 0 saturated carbocycles. The zero-order valence-electron chi connectivity index (χ0n) is 22.1. The number of nitrogens with zero attached hydrogens (tertiary/aromatic N) is 5. The number of carbonyl (C=O) groups excluding carboxylic acids is 2. The Labute approximate surface area is 249 Å². The maximum absolute atomic E-state index is 13.7. The molecule has 0 spiro atoms. The lowest BCUT2D eigenvalue weighted by Crippen LogP contribution is -2.36. The van der Waals surface area contributed by atoms with Crippen LogP contribution in [0.1, 0.15) is 43.0 Å². The molecule has 216 valence electrons. The van der Waals surface area contributed by atoms with Crippen molar-refractivity contribution in [2.45, 2.75) is 43.4 Å². The van der Waals surface area contributed by atoms with Gasteiger partial charge in [-0.2, -0.15) is 13.2 Å². The molecular formula is C28H22F3N5O3S3. The summed E-state index contributed by atoms with van der Waals surface area (Å²) in [6, 6.07) is 8.74. The lowest BCUT2D eigenvalue weighted by molar-refractivity contribution is -0.166. The van der Waals surface area contributed by atoms with Crippen molar-refractivity contribution >= 4 is 56.3 Å². The molecular weight excluding hydrogens is 608 g/mol. The van der Waals surface area contributed by atoms with Crippen LogP contribution in [-0.2, 0) is 25.2 Å². The summed E-state index contributed by atoms with van der Waals surface area (Å²) in [6.45, 7) is 6.61. The second-order valence-electron chi connectivity index (χ2n) is 10.0. The molecule has 6 rings (SSSR count). The molecule has 0 unspecified atom stereocenters. The van der Waals surface area contributed by atoms with E-state index in [1.54, 1.807) is 15.5 Å². The first-order valence-electron chi connectivity index (χ1n) is 12.8. The monoisotopic (exact) mass is 629 g/mol. The van der Waals surface area contributed by atoms with Crippen molar-refractivity contribution < 1.29 is 22.8 Å².